The number of nitrogens with one attached hydrogen (secondary N) is 1. The molecule has 0 aliphatic carbocycles. The van der Waals surface area contributed by atoms with Crippen molar-refractivity contribution in [2.75, 3.05) is 0 Å². The average Bonchev–Trinajstić information content (AvgIpc) is 3.27. The van der Waals surface area contributed by atoms with E-state index in [2.05, 4.69) is 28.6 Å². The van der Waals surface area contributed by atoms with Gasteiger partial charge in [0.2, 0.25) is 0 Å². The van der Waals surface area contributed by atoms with Crippen molar-refractivity contribution in [3.05, 3.63) is 65.2 Å². The van der Waals surface area contributed by atoms with Gasteiger partial charge in [0, 0.05) is 37.8 Å². The van der Waals surface area contributed by atoms with Crippen LogP contribution in [0.4, 0.5) is 0 Å². The van der Waals surface area contributed by atoms with Gasteiger partial charge in [0.05, 0.1) is 4.88 Å². The molecule has 1 unspecified atom stereocenters. The molecule has 0 aliphatic rings. The van der Waals surface area contributed by atoms with Gasteiger partial charge in [0.1, 0.15) is 5.69 Å². The van der Waals surface area contributed by atoms with E-state index in [-0.39, 0.29) is 12.5 Å². The second-order valence-electron chi connectivity index (χ2n) is 6.35. The Morgan fingerprint density at radius 1 is 1.27 bits per heavy atom. The van der Waals surface area contributed by atoms with Crippen LogP contribution in [0.1, 0.15) is 24.0 Å². The van der Waals surface area contributed by atoms with Crippen LogP contribution in [0.5, 0.6) is 0 Å². The molecule has 0 bridgehead atoms. The van der Waals surface area contributed by atoms with Crippen molar-refractivity contribution >= 4 is 17.3 Å². The van der Waals surface area contributed by atoms with Gasteiger partial charge in [-0.2, -0.15) is 5.10 Å². The SMILES string of the molecule is Cn1cc(CNC(CCC(=O)O)Cc2ccccc2)c(-c2cccs2)n1. The Bertz CT molecular complexity index is 828. The Morgan fingerprint density at radius 3 is 2.77 bits per heavy atom. The molecule has 136 valence electrons. The van der Waals surface area contributed by atoms with E-state index in [1.807, 2.05) is 47.6 Å². The van der Waals surface area contributed by atoms with E-state index in [9.17, 15) is 4.79 Å². The zero-order chi connectivity index (χ0) is 18.4. The third-order valence-corrected chi connectivity index (χ3v) is 5.15. The molecule has 2 N–H and O–H groups in total. The van der Waals surface area contributed by atoms with E-state index >= 15 is 0 Å². The first-order valence-electron chi connectivity index (χ1n) is 8.67. The fourth-order valence-electron chi connectivity index (χ4n) is 3.01. The largest absolute Gasteiger partial charge is 0.481 e. The molecule has 5 nitrogen and oxygen atoms in total. The Balaban J connectivity index is 1.70. The average molecular weight is 369 g/mol. The van der Waals surface area contributed by atoms with E-state index < -0.39 is 5.97 Å². The van der Waals surface area contributed by atoms with Crippen molar-refractivity contribution in [3.8, 4) is 10.6 Å². The minimum atomic E-state index is -0.759. The number of carboxylic acid groups (broad SMARTS) is 1. The monoisotopic (exact) mass is 369 g/mol. The maximum absolute atomic E-state index is 11.0. The molecule has 2 heterocycles. The molecular formula is C20H23N3O2S. The number of carbonyl (C=O) groups is 1. The second kappa shape index (κ2) is 8.78. The summed E-state index contributed by atoms with van der Waals surface area (Å²) >= 11 is 1.67. The van der Waals surface area contributed by atoms with Crippen LogP contribution in [0.3, 0.4) is 0 Å². The lowest BCUT2D eigenvalue weighted by atomic mass is 10.0. The van der Waals surface area contributed by atoms with Gasteiger partial charge in [0.15, 0.2) is 0 Å². The Hall–Kier alpha value is -2.44. The molecule has 26 heavy (non-hydrogen) atoms. The maximum Gasteiger partial charge on any atom is 0.303 e. The first-order chi connectivity index (χ1) is 12.6. The zero-order valence-corrected chi connectivity index (χ0v) is 15.6. The predicted octanol–water partition coefficient (Wildman–Crippen LogP) is 3.71. The van der Waals surface area contributed by atoms with E-state index in [0.717, 1.165) is 22.6 Å². The zero-order valence-electron chi connectivity index (χ0n) is 14.8. The summed E-state index contributed by atoms with van der Waals surface area (Å²) in [4.78, 5) is 12.1. The highest BCUT2D eigenvalue weighted by molar-refractivity contribution is 7.13. The highest BCUT2D eigenvalue weighted by Gasteiger charge is 2.15. The number of hydrogen-bond acceptors (Lipinski definition) is 4. The molecule has 0 amide bonds. The van der Waals surface area contributed by atoms with Crippen LogP contribution in [-0.2, 0) is 24.8 Å². The summed E-state index contributed by atoms with van der Waals surface area (Å²) in [5.74, 6) is -0.759. The van der Waals surface area contributed by atoms with Crippen LogP contribution in [-0.4, -0.2) is 26.9 Å². The van der Waals surface area contributed by atoms with Gasteiger partial charge in [-0.25, -0.2) is 0 Å². The Kier molecular flexibility index (Phi) is 6.20. The van der Waals surface area contributed by atoms with Gasteiger partial charge in [-0.15, -0.1) is 11.3 Å². The van der Waals surface area contributed by atoms with E-state index in [4.69, 9.17) is 5.11 Å². The van der Waals surface area contributed by atoms with Crippen LogP contribution in [0.15, 0.2) is 54.0 Å². The summed E-state index contributed by atoms with van der Waals surface area (Å²) in [7, 11) is 1.92. The summed E-state index contributed by atoms with van der Waals surface area (Å²) in [6, 6.07) is 14.4. The number of carboxylic acids is 1. The summed E-state index contributed by atoms with van der Waals surface area (Å²) in [6.07, 6.45) is 3.59. The first kappa shape index (κ1) is 18.4. The lowest BCUT2D eigenvalue weighted by molar-refractivity contribution is -0.137. The minimum Gasteiger partial charge on any atom is -0.481 e. The lowest BCUT2D eigenvalue weighted by Gasteiger charge is -2.18. The Labute approximate surface area is 157 Å². The summed E-state index contributed by atoms with van der Waals surface area (Å²) in [5.41, 5.74) is 3.33. The van der Waals surface area contributed by atoms with E-state index in [1.165, 1.54) is 5.56 Å². The summed E-state index contributed by atoms with van der Waals surface area (Å²) in [5, 5.41) is 19.2. The lowest BCUT2D eigenvalue weighted by Crippen LogP contribution is -2.31. The number of hydrogen-bond donors (Lipinski definition) is 2. The fraction of sp³-hybridized carbons (Fsp3) is 0.300. The van der Waals surface area contributed by atoms with Crippen LogP contribution in [0.25, 0.3) is 10.6 Å². The molecule has 0 aliphatic heterocycles. The molecule has 0 radical (unpaired) electrons. The van der Waals surface area contributed by atoms with Gasteiger partial charge in [0.25, 0.3) is 0 Å². The molecule has 2 aromatic heterocycles. The highest BCUT2D eigenvalue weighted by atomic mass is 32.1. The predicted molar refractivity (Wildman–Crippen MR) is 104 cm³/mol. The fourth-order valence-corrected chi connectivity index (χ4v) is 3.76. The van der Waals surface area contributed by atoms with Crippen LogP contribution >= 0.6 is 11.3 Å². The van der Waals surface area contributed by atoms with E-state index in [1.54, 1.807) is 11.3 Å². The third kappa shape index (κ3) is 5.03. The van der Waals surface area contributed by atoms with Crippen molar-refractivity contribution in [1.29, 1.82) is 0 Å². The molecule has 0 spiro atoms. The normalized spacial score (nSPS) is 12.2. The van der Waals surface area contributed by atoms with E-state index in [0.29, 0.717) is 13.0 Å². The van der Waals surface area contributed by atoms with Gasteiger partial charge in [-0.05, 0) is 29.9 Å². The van der Waals surface area contributed by atoms with Crippen LogP contribution < -0.4 is 5.32 Å². The summed E-state index contributed by atoms with van der Waals surface area (Å²) in [6.45, 7) is 0.665. The van der Waals surface area contributed by atoms with Gasteiger partial charge in [-0.3, -0.25) is 9.48 Å². The number of nitrogens with zero attached hydrogens (tertiary/aromatic N) is 2. The number of thiophene rings is 1. The smallest absolute Gasteiger partial charge is 0.303 e. The number of benzene rings is 1. The highest BCUT2D eigenvalue weighted by Crippen LogP contribution is 2.26. The second-order valence-corrected chi connectivity index (χ2v) is 7.30. The first-order valence-corrected chi connectivity index (χ1v) is 9.55. The quantitative estimate of drug-likeness (QED) is 0.603. The molecule has 6 heteroatoms. The van der Waals surface area contributed by atoms with Gasteiger partial charge in [-0.1, -0.05) is 36.4 Å². The molecule has 0 fully saturated rings. The molecule has 1 atom stereocenters. The van der Waals surface area contributed by atoms with Crippen molar-refractivity contribution in [2.45, 2.75) is 31.8 Å². The van der Waals surface area contributed by atoms with Crippen LogP contribution in [0, 0.1) is 0 Å². The van der Waals surface area contributed by atoms with Crippen molar-refractivity contribution in [1.82, 2.24) is 15.1 Å². The number of rotatable bonds is 9. The van der Waals surface area contributed by atoms with Crippen molar-refractivity contribution in [3.63, 3.8) is 0 Å². The number of aromatic nitrogens is 2. The molecule has 3 aromatic rings. The van der Waals surface area contributed by atoms with Gasteiger partial charge < -0.3 is 10.4 Å². The topological polar surface area (TPSA) is 67.2 Å². The molecule has 0 saturated heterocycles. The molecule has 0 saturated carbocycles. The molecule has 3 rings (SSSR count). The van der Waals surface area contributed by atoms with Gasteiger partial charge >= 0.3 is 5.97 Å². The molecule has 1 aromatic carbocycles. The third-order valence-electron chi connectivity index (χ3n) is 4.27. The Morgan fingerprint density at radius 2 is 2.08 bits per heavy atom. The molecular weight excluding hydrogens is 346 g/mol. The summed E-state index contributed by atoms with van der Waals surface area (Å²) < 4.78 is 1.83. The number of aryl methyl sites for hydroxylation is 1. The maximum atomic E-state index is 11.0. The van der Waals surface area contributed by atoms with Crippen molar-refractivity contribution < 1.29 is 9.90 Å². The minimum absolute atomic E-state index is 0.102. The van der Waals surface area contributed by atoms with Crippen LogP contribution in [0.2, 0.25) is 0 Å². The number of aliphatic carboxylic acids is 1. The van der Waals surface area contributed by atoms with Crippen molar-refractivity contribution in [2.24, 2.45) is 7.05 Å². The standard InChI is InChI=1S/C20H23N3O2S/c1-23-14-16(20(22-23)18-8-5-11-26-18)13-21-17(9-10-19(24)25)12-15-6-3-2-4-7-15/h2-8,11,14,17,21H,9-10,12-13H2,1H3,(H,24,25).